The summed E-state index contributed by atoms with van der Waals surface area (Å²) in [5.41, 5.74) is 3.16. The lowest BCUT2D eigenvalue weighted by atomic mass is 10.2. The zero-order valence-electron chi connectivity index (χ0n) is 15.1. The molecule has 27 heavy (non-hydrogen) atoms. The SMILES string of the molecule is Cc1cc(C(=O)CSc2nnc3ccccn23)c(C)n1[C@H]1CCS(=O)(=O)C1. The minimum Gasteiger partial charge on any atom is -0.344 e. The number of thioether (sulfide) groups is 1. The van der Waals surface area contributed by atoms with Gasteiger partial charge in [-0.05, 0) is 38.5 Å². The average Bonchev–Trinajstić information content (AvgIpc) is 3.28. The predicted octanol–water partition coefficient (Wildman–Crippen LogP) is 2.48. The smallest absolute Gasteiger partial charge is 0.196 e. The summed E-state index contributed by atoms with van der Waals surface area (Å²) in [5, 5.41) is 8.90. The molecule has 4 rings (SSSR count). The van der Waals surface area contributed by atoms with Crippen LogP contribution in [0.3, 0.4) is 0 Å². The third kappa shape index (κ3) is 3.41. The van der Waals surface area contributed by atoms with Crippen molar-refractivity contribution in [1.82, 2.24) is 19.2 Å². The maximum Gasteiger partial charge on any atom is 0.196 e. The Bertz CT molecular complexity index is 1130. The molecule has 0 bridgehead atoms. The molecule has 1 atom stereocenters. The molecule has 1 saturated heterocycles. The molecule has 0 radical (unpaired) electrons. The molecule has 1 fully saturated rings. The van der Waals surface area contributed by atoms with Gasteiger partial charge in [0.2, 0.25) is 0 Å². The van der Waals surface area contributed by atoms with Crippen molar-refractivity contribution in [3.8, 4) is 0 Å². The van der Waals surface area contributed by atoms with Crippen LogP contribution in [0.25, 0.3) is 5.65 Å². The fourth-order valence-corrected chi connectivity index (χ4v) is 6.23. The van der Waals surface area contributed by atoms with E-state index in [4.69, 9.17) is 0 Å². The molecule has 0 aromatic carbocycles. The van der Waals surface area contributed by atoms with Gasteiger partial charge in [-0.15, -0.1) is 10.2 Å². The zero-order chi connectivity index (χ0) is 19.2. The summed E-state index contributed by atoms with van der Waals surface area (Å²) in [6, 6.07) is 7.44. The van der Waals surface area contributed by atoms with Crippen molar-refractivity contribution in [2.24, 2.45) is 0 Å². The number of hydrogen-bond donors (Lipinski definition) is 0. The van der Waals surface area contributed by atoms with Crippen LogP contribution in [0.2, 0.25) is 0 Å². The molecule has 1 aliphatic heterocycles. The Balaban J connectivity index is 1.53. The van der Waals surface area contributed by atoms with Gasteiger partial charge in [0.1, 0.15) is 0 Å². The maximum atomic E-state index is 12.8. The summed E-state index contributed by atoms with van der Waals surface area (Å²) in [6.45, 7) is 3.82. The van der Waals surface area contributed by atoms with Crippen LogP contribution in [0.1, 0.15) is 34.2 Å². The maximum absolute atomic E-state index is 12.8. The molecule has 0 aliphatic carbocycles. The number of aryl methyl sites for hydroxylation is 1. The van der Waals surface area contributed by atoms with E-state index in [1.54, 1.807) is 0 Å². The van der Waals surface area contributed by atoms with Crippen molar-refractivity contribution in [3.63, 3.8) is 0 Å². The molecule has 0 spiro atoms. The molecular formula is C18H20N4O3S2. The summed E-state index contributed by atoms with van der Waals surface area (Å²) in [6.07, 6.45) is 2.47. The lowest BCUT2D eigenvalue weighted by Crippen LogP contribution is -2.14. The van der Waals surface area contributed by atoms with Crippen molar-refractivity contribution in [2.75, 3.05) is 17.3 Å². The van der Waals surface area contributed by atoms with Gasteiger partial charge in [0, 0.05) is 29.2 Å². The number of carbonyl (C=O) groups is 1. The lowest BCUT2D eigenvalue weighted by Gasteiger charge is -2.16. The van der Waals surface area contributed by atoms with Crippen molar-refractivity contribution in [1.29, 1.82) is 0 Å². The van der Waals surface area contributed by atoms with Gasteiger partial charge >= 0.3 is 0 Å². The number of nitrogens with zero attached hydrogens (tertiary/aromatic N) is 4. The molecule has 1 aliphatic rings. The number of Topliss-reactive ketones (excluding diaryl/α,β-unsaturated/α-hetero) is 1. The van der Waals surface area contributed by atoms with Gasteiger partial charge in [0.15, 0.2) is 26.4 Å². The first-order chi connectivity index (χ1) is 12.9. The lowest BCUT2D eigenvalue weighted by molar-refractivity contribution is 0.102. The molecule has 9 heteroatoms. The summed E-state index contributed by atoms with van der Waals surface area (Å²) in [7, 11) is -2.98. The van der Waals surface area contributed by atoms with Crippen LogP contribution in [0, 0.1) is 13.8 Å². The normalized spacial score (nSPS) is 19.0. The van der Waals surface area contributed by atoms with E-state index in [0.29, 0.717) is 17.1 Å². The number of ketones is 1. The molecule has 4 heterocycles. The molecule has 142 valence electrons. The number of fused-ring (bicyclic) bond motifs is 1. The van der Waals surface area contributed by atoms with Crippen LogP contribution in [-0.2, 0) is 9.84 Å². The van der Waals surface area contributed by atoms with E-state index in [-0.39, 0.29) is 29.1 Å². The van der Waals surface area contributed by atoms with Gasteiger partial charge in [-0.2, -0.15) is 0 Å². The molecular weight excluding hydrogens is 384 g/mol. The number of rotatable bonds is 5. The van der Waals surface area contributed by atoms with E-state index in [1.807, 2.05) is 53.3 Å². The van der Waals surface area contributed by atoms with Gasteiger partial charge in [-0.1, -0.05) is 17.8 Å². The second kappa shape index (κ2) is 6.79. The zero-order valence-corrected chi connectivity index (χ0v) is 16.8. The van der Waals surface area contributed by atoms with Crippen molar-refractivity contribution in [2.45, 2.75) is 31.5 Å². The largest absolute Gasteiger partial charge is 0.344 e. The quantitative estimate of drug-likeness (QED) is 0.480. The molecule has 0 unspecified atom stereocenters. The third-order valence-electron chi connectivity index (χ3n) is 4.97. The number of sulfone groups is 1. The van der Waals surface area contributed by atoms with Crippen LogP contribution in [0.4, 0.5) is 0 Å². The minimum atomic E-state index is -2.98. The summed E-state index contributed by atoms with van der Waals surface area (Å²) in [4.78, 5) is 12.8. The highest BCUT2D eigenvalue weighted by Gasteiger charge is 2.31. The Kier molecular flexibility index (Phi) is 4.59. The molecule has 0 N–H and O–H groups in total. The standard InChI is InChI=1S/C18H20N4O3S2/c1-12-9-15(13(2)22(12)14-6-8-27(24,25)11-14)16(23)10-26-18-20-19-17-5-3-4-7-21(17)18/h3-5,7,9,14H,6,8,10-11H2,1-2H3/t14-/m0/s1. The first-order valence-corrected chi connectivity index (χ1v) is 11.5. The first-order valence-electron chi connectivity index (χ1n) is 8.70. The highest BCUT2D eigenvalue weighted by molar-refractivity contribution is 7.99. The number of hydrogen-bond acceptors (Lipinski definition) is 6. The Morgan fingerprint density at radius 3 is 2.85 bits per heavy atom. The molecule has 0 saturated carbocycles. The van der Waals surface area contributed by atoms with Crippen LogP contribution in [-0.4, -0.2) is 50.6 Å². The second-order valence-corrected chi connectivity index (χ2v) is 10.0. The average molecular weight is 405 g/mol. The second-order valence-electron chi connectivity index (χ2n) is 6.83. The highest BCUT2D eigenvalue weighted by atomic mass is 32.2. The monoisotopic (exact) mass is 404 g/mol. The van der Waals surface area contributed by atoms with E-state index < -0.39 is 9.84 Å². The Labute approximate surface area is 161 Å². The fraction of sp³-hybridized carbons (Fsp3) is 0.389. The Hall–Kier alpha value is -2.13. The van der Waals surface area contributed by atoms with Gasteiger partial charge in [0.25, 0.3) is 0 Å². The van der Waals surface area contributed by atoms with E-state index in [2.05, 4.69) is 10.2 Å². The van der Waals surface area contributed by atoms with E-state index >= 15 is 0 Å². The summed E-state index contributed by atoms with van der Waals surface area (Å²) in [5.74, 6) is 0.627. The first kappa shape index (κ1) is 18.2. The van der Waals surface area contributed by atoms with Gasteiger partial charge in [-0.25, -0.2) is 8.42 Å². The molecule has 7 nitrogen and oxygen atoms in total. The summed E-state index contributed by atoms with van der Waals surface area (Å²) < 4.78 is 27.5. The topological polar surface area (TPSA) is 86.3 Å². The van der Waals surface area contributed by atoms with Gasteiger partial charge in [0.05, 0.1) is 17.3 Å². The van der Waals surface area contributed by atoms with Gasteiger partial charge in [-0.3, -0.25) is 9.20 Å². The molecule has 3 aromatic rings. The highest BCUT2D eigenvalue weighted by Crippen LogP contribution is 2.30. The molecule has 3 aromatic heterocycles. The number of pyridine rings is 1. The Morgan fingerprint density at radius 1 is 1.30 bits per heavy atom. The van der Waals surface area contributed by atoms with Crippen molar-refractivity contribution >= 4 is 33.0 Å². The van der Waals surface area contributed by atoms with E-state index in [9.17, 15) is 13.2 Å². The van der Waals surface area contributed by atoms with Crippen molar-refractivity contribution < 1.29 is 13.2 Å². The van der Waals surface area contributed by atoms with Gasteiger partial charge < -0.3 is 4.57 Å². The van der Waals surface area contributed by atoms with Crippen LogP contribution >= 0.6 is 11.8 Å². The van der Waals surface area contributed by atoms with Crippen LogP contribution in [0.15, 0.2) is 35.6 Å². The van der Waals surface area contributed by atoms with Crippen molar-refractivity contribution in [3.05, 3.63) is 47.4 Å². The summed E-state index contributed by atoms with van der Waals surface area (Å²) >= 11 is 1.35. The minimum absolute atomic E-state index is 0.00730. The van der Waals surface area contributed by atoms with Crippen LogP contribution < -0.4 is 0 Å². The number of aromatic nitrogens is 4. The fourth-order valence-electron chi connectivity index (χ4n) is 3.73. The number of carbonyl (C=O) groups excluding carboxylic acids is 1. The Morgan fingerprint density at radius 2 is 2.11 bits per heavy atom. The van der Waals surface area contributed by atoms with Crippen LogP contribution in [0.5, 0.6) is 0 Å². The van der Waals surface area contributed by atoms with E-state index in [1.165, 1.54) is 11.8 Å². The third-order valence-corrected chi connectivity index (χ3v) is 7.67. The predicted molar refractivity (Wildman–Crippen MR) is 104 cm³/mol. The van der Waals surface area contributed by atoms with E-state index in [0.717, 1.165) is 17.0 Å². The molecule has 0 amide bonds.